The van der Waals surface area contributed by atoms with E-state index in [0.29, 0.717) is 11.3 Å². The Bertz CT molecular complexity index is 329. The smallest absolute Gasteiger partial charge is 0.280 e. The number of aliphatic hydroxyl groups excluding tert-OH is 1. The Morgan fingerprint density at radius 2 is 2.14 bits per heavy atom. The molecule has 0 bridgehead atoms. The van der Waals surface area contributed by atoms with Crippen LogP contribution in [0.5, 0.6) is 0 Å². The van der Waals surface area contributed by atoms with Crippen LogP contribution >= 0.6 is 0 Å². The topological polar surface area (TPSA) is 59.1 Å². The van der Waals surface area contributed by atoms with Crippen LogP contribution in [0.25, 0.3) is 0 Å². The monoisotopic (exact) mass is 202 g/mol. The van der Waals surface area contributed by atoms with Crippen molar-refractivity contribution in [3.8, 4) is 0 Å². The molecule has 0 unspecified atom stereocenters. The van der Waals surface area contributed by atoms with E-state index in [-0.39, 0.29) is 24.4 Å². The van der Waals surface area contributed by atoms with E-state index in [2.05, 4.69) is 4.98 Å². The number of rotatable bonds is 3. The highest BCUT2D eigenvalue weighted by atomic mass is 19.3. The average molecular weight is 202 g/mol. The van der Waals surface area contributed by atoms with Gasteiger partial charge in [0.1, 0.15) is 5.69 Å². The molecule has 0 aliphatic rings. The predicted octanol–water partition coefficient (Wildman–Crippen LogP) is 1.28. The predicted molar refractivity (Wildman–Crippen MR) is 47.7 cm³/mol. The van der Waals surface area contributed by atoms with Gasteiger partial charge in [-0.3, -0.25) is 4.98 Å². The third-order valence-corrected chi connectivity index (χ3v) is 2.03. The lowest BCUT2D eigenvalue weighted by Crippen LogP contribution is -2.08. The lowest BCUT2D eigenvalue weighted by molar-refractivity contribution is 0.144. The fourth-order valence-corrected chi connectivity index (χ4v) is 1.23. The molecule has 0 radical (unpaired) electrons. The second-order valence-electron chi connectivity index (χ2n) is 2.94. The molecule has 0 fully saturated rings. The first kappa shape index (κ1) is 11.0. The number of nitrogens with zero attached hydrogens (tertiary/aromatic N) is 1. The number of hydrogen-bond donors (Lipinski definition) is 2. The first-order valence-electron chi connectivity index (χ1n) is 4.18. The zero-order valence-electron chi connectivity index (χ0n) is 7.80. The van der Waals surface area contributed by atoms with Crippen molar-refractivity contribution in [1.82, 2.24) is 4.98 Å². The van der Waals surface area contributed by atoms with Gasteiger partial charge in [0.15, 0.2) is 0 Å². The molecule has 1 rings (SSSR count). The van der Waals surface area contributed by atoms with Gasteiger partial charge in [0, 0.05) is 12.2 Å². The van der Waals surface area contributed by atoms with E-state index in [1.807, 2.05) is 0 Å². The molecular weight excluding hydrogens is 190 g/mol. The second kappa shape index (κ2) is 4.43. The lowest BCUT2D eigenvalue weighted by atomic mass is 10.1. The molecular formula is C9H12F2N2O. The molecule has 0 aliphatic carbocycles. The Kier molecular flexibility index (Phi) is 3.49. The van der Waals surface area contributed by atoms with E-state index >= 15 is 0 Å². The molecule has 0 aromatic carbocycles. The number of alkyl halides is 2. The average Bonchev–Trinajstić information content (AvgIpc) is 2.17. The SMILES string of the molecule is Cc1nc(C(F)F)c(CN)cc1CO. The van der Waals surface area contributed by atoms with Gasteiger partial charge < -0.3 is 10.8 Å². The third-order valence-electron chi connectivity index (χ3n) is 2.03. The minimum atomic E-state index is -2.63. The zero-order chi connectivity index (χ0) is 10.7. The van der Waals surface area contributed by atoms with Crippen LogP contribution in [0.15, 0.2) is 6.07 Å². The van der Waals surface area contributed by atoms with Crippen LogP contribution in [0.4, 0.5) is 8.78 Å². The van der Waals surface area contributed by atoms with E-state index in [1.54, 1.807) is 6.92 Å². The summed E-state index contributed by atoms with van der Waals surface area (Å²) in [6.07, 6.45) is -2.63. The molecule has 0 saturated heterocycles. The number of aryl methyl sites for hydroxylation is 1. The van der Waals surface area contributed by atoms with Crippen molar-refractivity contribution >= 4 is 0 Å². The molecule has 0 atom stereocenters. The Labute approximate surface area is 80.6 Å². The highest BCUT2D eigenvalue weighted by Gasteiger charge is 2.15. The van der Waals surface area contributed by atoms with Crippen molar-refractivity contribution in [2.24, 2.45) is 5.73 Å². The highest BCUT2D eigenvalue weighted by Crippen LogP contribution is 2.22. The quantitative estimate of drug-likeness (QED) is 0.776. The van der Waals surface area contributed by atoms with E-state index in [1.165, 1.54) is 6.07 Å². The fourth-order valence-electron chi connectivity index (χ4n) is 1.23. The van der Waals surface area contributed by atoms with Crippen molar-refractivity contribution in [1.29, 1.82) is 0 Å². The Hall–Kier alpha value is -1.07. The van der Waals surface area contributed by atoms with E-state index < -0.39 is 6.43 Å². The van der Waals surface area contributed by atoms with Crippen LogP contribution in [0.1, 0.15) is 28.9 Å². The lowest BCUT2D eigenvalue weighted by Gasteiger charge is -2.10. The molecule has 3 nitrogen and oxygen atoms in total. The van der Waals surface area contributed by atoms with Gasteiger partial charge in [0.05, 0.1) is 6.61 Å². The van der Waals surface area contributed by atoms with Gasteiger partial charge in [-0.2, -0.15) is 0 Å². The van der Waals surface area contributed by atoms with Gasteiger partial charge in [-0.05, 0) is 24.1 Å². The van der Waals surface area contributed by atoms with Crippen molar-refractivity contribution in [2.75, 3.05) is 0 Å². The molecule has 0 saturated carbocycles. The minimum absolute atomic E-state index is 0.0000463. The van der Waals surface area contributed by atoms with Gasteiger partial charge in [0.2, 0.25) is 0 Å². The maximum Gasteiger partial charge on any atom is 0.280 e. The Balaban J connectivity index is 3.24. The van der Waals surface area contributed by atoms with Crippen LogP contribution in [0, 0.1) is 6.92 Å². The van der Waals surface area contributed by atoms with E-state index in [4.69, 9.17) is 10.8 Å². The maximum absolute atomic E-state index is 12.4. The molecule has 3 N–H and O–H groups in total. The fraction of sp³-hybridized carbons (Fsp3) is 0.444. The standard InChI is InChI=1S/C9H12F2N2O/c1-5-7(4-14)2-6(3-12)8(13-5)9(10)11/h2,9,14H,3-4,12H2,1H3. The van der Waals surface area contributed by atoms with Gasteiger partial charge in [-0.15, -0.1) is 0 Å². The molecule has 0 aliphatic heterocycles. The van der Waals surface area contributed by atoms with E-state index in [9.17, 15) is 8.78 Å². The largest absolute Gasteiger partial charge is 0.392 e. The summed E-state index contributed by atoms with van der Waals surface area (Å²) in [6.45, 7) is 1.37. The summed E-state index contributed by atoms with van der Waals surface area (Å²) in [6, 6.07) is 1.48. The van der Waals surface area contributed by atoms with Gasteiger partial charge in [0.25, 0.3) is 6.43 Å². The Morgan fingerprint density at radius 1 is 1.50 bits per heavy atom. The highest BCUT2D eigenvalue weighted by molar-refractivity contribution is 5.30. The molecule has 5 heteroatoms. The first-order chi connectivity index (χ1) is 6.60. The van der Waals surface area contributed by atoms with Gasteiger partial charge in [-0.1, -0.05) is 0 Å². The molecule has 0 amide bonds. The van der Waals surface area contributed by atoms with Crippen LogP contribution in [-0.2, 0) is 13.2 Å². The third kappa shape index (κ3) is 2.05. The van der Waals surface area contributed by atoms with Crippen molar-refractivity contribution < 1.29 is 13.9 Å². The van der Waals surface area contributed by atoms with Crippen LogP contribution in [-0.4, -0.2) is 10.1 Å². The molecule has 78 valence electrons. The van der Waals surface area contributed by atoms with Crippen molar-refractivity contribution in [3.05, 3.63) is 28.6 Å². The summed E-state index contributed by atoms with van der Waals surface area (Å²) in [4.78, 5) is 3.72. The summed E-state index contributed by atoms with van der Waals surface area (Å²) in [5.74, 6) is 0. The molecule has 14 heavy (non-hydrogen) atoms. The summed E-state index contributed by atoms with van der Waals surface area (Å²) in [5, 5.41) is 8.90. The molecule has 0 spiro atoms. The number of aromatic nitrogens is 1. The number of halogens is 2. The number of aliphatic hydroxyl groups is 1. The minimum Gasteiger partial charge on any atom is -0.392 e. The second-order valence-corrected chi connectivity index (χ2v) is 2.94. The molecule has 1 heterocycles. The number of hydrogen-bond acceptors (Lipinski definition) is 3. The zero-order valence-corrected chi connectivity index (χ0v) is 7.80. The van der Waals surface area contributed by atoms with Crippen molar-refractivity contribution in [3.63, 3.8) is 0 Å². The Morgan fingerprint density at radius 3 is 2.57 bits per heavy atom. The maximum atomic E-state index is 12.4. The first-order valence-corrected chi connectivity index (χ1v) is 4.18. The summed E-state index contributed by atoms with van der Waals surface area (Å²) >= 11 is 0. The van der Waals surface area contributed by atoms with E-state index in [0.717, 1.165) is 0 Å². The van der Waals surface area contributed by atoms with Crippen molar-refractivity contribution in [2.45, 2.75) is 26.5 Å². The van der Waals surface area contributed by atoms with Gasteiger partial charge in [-0.25, -0.2) is 8.78 Å². The van der Waals surface area contributed by atoms with Crippen LogP contribution < -0.4 is 5.73 Å². The van der Waals surface area contributed by atoms with Crippen LogP contribution in [0.3, 0.4) is 0 Å². The summed E-state index contributed by atoms with van der Waals surface area (Å²) in [5.41, 5.74) is 6.26. The summed E-state index contributed by atoms with van der Waals surface area (Å²) in [7, 11) is 0. The number of pyridine rings is 1. The molecule has 1 aromatic heterocycles. The molecule has 1 aromatic rings. The normalized spacial score (nSPS) is 11.0. The van der Waals surface area contributed by atoms with Crippen LogP contribution in [0.2, 0.25) is 0 Å². The number of nitrogens with two attached hydrogens (primary N) is 1. The van der Waals surface area contributed by atoms with Gasteiger partial charge >= 0.3 is 0 Å². The summed E-state index contributed by atoms with van der Waals surface area (Å²) < 4.78 is 24.9.